The van der Waals surface area contributed by atoms with Crippen LogP contribution in [0.1, 0.15) is 42.2 Å². The first kappa shape index (κ1) is 21.8. The quantitative estimate of drug-likeness (QED) is 0.389. The van der Waals surface area contributed by atoms with Crippen molar-refractivity contribution < 1.29 is 14.4 Å². The number of carbonyl (C=O) groups excluding carboxylic acids is 3. The molecule has 4 aromatic rings. The number of nitrogens with zero attached hydrogens (tertiary/aromatic N) is 1. The van der Waals surface area contributed by atoms with Crippen molar-refractivity contribution in [2.45, 2.75) is 6.54 Å². The first-order valence-electron chi connectivity index (χ1n) is 10.7. The number of hydrogen-bond acceptors (Lipinski definition) is 5. The molecule has 35 heavy (non-hydrogen) atoms. The fraction of sp³-hybridized carbons (Fsp3) is 0.0385. The van der Waals surface area contributed by atoms with E-state index in [4.69, 9.17) is 0 Å². The molecular formula is C26H18N4O5. The molecule has 9 heteroatoms. The average molecular weight is 466 g/mol. The van der Waals surface area contributed by atoms with Crippen molar-refractivity contribution >= 4 is 29.0 Å². The third-order valence-corrected chi connectivity index (χ3v) is 5.72. The van der Waals surface area contributed by atoms with Gasteiger partial charge in [-0.15, -0.1) is 0 Å². The number of nitrogens with one attached hydrogen (secondary N) is 3. The monoisotopic (exact) mass is 466 g/mol. The largest absolute Gasteiger partial charge is 0.325 e. The first-order chi connectivity index (χ1) is 16.9. The molecule has 0 saturated heterocycles. The van der Waals surface area contributed by atoms with E-state index in [0.29, 0.717) is 27.9 Å². The van der Waals surface area contributed by atoms with E-state index in [1.165, 1.54) is 6.07 Å². The maximum absolute atomic E-state index is 13.0. The molecule has 3 N–H and O–H groups in total. The molecule has 3 aromatic carbocycles. The molecule has 1 aliphatic heterocycles. The lowest BCUT2D eigenvalue weighted by molar-refractivity contribution is 0.0993. The number of amides is 2. The Morgan fingerprint density at radius 3 is 2.23 bits per heavy atom. The Morgan fingerprint density at radius 1 is 0.829 bits per heavy atom. The van der Waals surface area contributed by atoms with Crippen LogP contribution in [0.15, 0.2) is 88.6 Å². The molecule has 0 radical (unpaired) electrons. The summed E-state index contributed by atoms with van der Waals surface area (Å²) in [5.74, 6) is -0.878. The molecule has 172 valence electrons. The lowest BCUT2D eigenvalue weighted by Gasteiger charge is -2.16. The molecule has 1 aliphatic rings. The molecule has 0 unspecified atom stereocenters. The molecule has 9 nitrogen and oxygen atoms in total. The van der Waals surface area contributed by atoms with Crippen molar-refractivity contribution in [1.82, 2.24) is 9.97 Å². The van der Waals surface area contributed by atoms with Gasteiger partial charge in [0.25, 0.3) is 17.4 Å². The summed E-state index contributed by atoms with van der Waals surface area (Å²) in [6.45, 7) is 0.251. The van der Waals surface area contributed by atoms with Crippen molar-refractivity contribution in [2.75, 3.05) is 10.2 Å². The Balaban J connectivity index is 1.34. The maximum atomic E-state index is 13.0. The van der Waals surface area contributed by atoms with Gasteiger partial charge in [-0.05, 0) is 48.0 Å². The van der Waals surface area contributed by atoms with Crippen molar-refractivity contribution in [2.24, 2.45) is 0 Å². The van der Waals surface area contributed by atoms with Gasteiger partial charge in [0, 0.05) is 34.1 Å². The highest BCUT2D eigenvalue weighted by atomic mass is 16.2. The first-order valence-corrected chi connectivity index (χ1v) is 10.7. The molecule has 0 saturated carbocycles. The second kappa shape index (κ2) is 8.71. The van der Waals surface area contributed by atoms with Gasteiger partial charge in [-0.25, -0.2) is 4.79 Å². The molecule has 2 amide bonds. The van der Waals surface area contributed by atoms with E-state index in [-0.39, 0.29) is 29.5 Å². The summed E-state index contributed by atoms with van der Waals surface area (Å²) >= 11 is 0. The van der Waals surface area contributed by atoms with E-state index in [9.17, 15) is 24.0 Å². The van der Waals surface area contributed by atoms with Gasteiger partial charge in [-0.3, -0.25) is 24.2 Å². The number of rotatable bonds is 5. The van der Waals surface area contributed by atoms with Crippen molar-refractivity contribution in [3.8, 4) is 0 Å². The highest BCUT2D eigenvalue weighted by molar-refractivity contribution is 6.12. The van der Waals surface area contributed by atoms with Gasteiger partial charge >= 0.3 is 5.69 Å². The van der Waals surface area contributed by atoms with Crippen LogP contribution in [-0.4, -0.2) is 27.6 Å². The highest BCUT2D eigenvalue weighted by Crippen LogP contribution is 2.29. The van der Waals surface area contributed by atoms with Crippen LogP contribution >= 0.6 is 0 Å². The summed E-state index contributed by atoms with van der Waals surface area (Å²) in [6, 6.07) is 20.4. The number of anilines is 2. The zero-order valence-electron chi connectivity index (χ0n) is 18.2. The van der Waals surface area contributed by atoms with Gasteiger partial charge in [0.15, 0.2) is 5.78 Å². The van der Waals surface area contributed by atoms with Gasteiger partial charge in [0.05, 0.1) is 6.54 Å². The van der Waals surface area contributed by atoms with Crippen molar-refractivity contribution in [3.05, 3.63) is 128 Å². The van der Waals surface area contributed by atoms with Gasteiger partial charge < -0.3 is 15.2 Å². The predicted molar refractivity (Wildman–Crippen MR) is 129 cm³/mol. The molecule has 2 heterocycles. The minimum Gasteiger partial charge on any atom is -0.316 e. The minimum atomic E-state index is -0.723. The van der Waals surface area contributed by atoms with E-state index >= 15 is 0 Å². The average Bonchev–Trinajstić information content (AvgIpc) is 3.21. The van der Waals surface area contributed by atoms with E-state index in [1.807, 2.05) is 11.1 Å². The molecule has 1 aromatic heterocycles. The van der Waals surface area contributed by atoms with E-state index in [1.54, 1.807) is 65.6 Å². The smallest absolute Gasteiger partial charge is 0.316 e. The van der Waals surface area contributed by atoms with Crippen LogP contribution in [0.4, 0.5) is 11.4 Å². The summed E-state index contributed by atoms with van der Waals surface area (Å²) in [5.41, 5.74) is 1.60. The normalized spacial score (nSPS) is 12.3. The van der Waals surface area contributed by atoms with Crippen LogP contribution in [0.3, 0.4) is 0 Å². The summed E-state index contributed by atoms with van der Waals surface area (Å²) in [7, 11) is 0. The number of hydrogen-bond donors (Lipinski definition) is 3. The molecule has 0 aliphatic carbocycles. The Morgan fingerprint density at radius 2 is 1.51 bits per heavy atom. The number of ketones is 1. The summed E-state index contributed by atoms with van der Waals surface area (Å²) in [6.07, 6.45) is 1.11. The Labute approximate surface area is 198 Å². The molecular weight excluding hydrogens is 448 g/mol. The number of H-pyrrole nitrogens is 2. The van der Waals surface area contributed by atoms with Crippen molar-refractivity contribution in [3.63, 3.8) is 0 Å². The zero-order chi connectivity index (χ0) is 24.5. The second-order valence-corrected chi connectivity index (χ2v) is 7.94. The number of aromatic amines is 2. The maximum Gasteiger partial charge on any atom is 0.325 e. The number of benzene rings is 3. The molecule has 0 fully saturated rings. The predicted octanol–water partition coefficient (Wildman–Crippen LogP) is 2.71. The Kier molecular flexibility index (Phi) is 5.42. The van der Waals surface area contributed by atoms with E-state index < -0.39 is 17.2 Å². The third kappa shape index (κ3) is 4.18. The summed E-state index contributed by atoms with van der Waals surface area (Å²) < 4.78 is 0. The highest BCUT2D eigenvalue weighted by Gasteiger charge is 2.29. The lowest BCUT2D eigenvalue weighted by atomic mass is 10.0. The van der Waals surface area contributed by atoms with Crippen LogP contribution < -0.4 is 21.5 Å². The molecule has 0 spiro atoms. The van der Waals surface area contributed by atoms with Crippen molar-refractivity contribution in [1.29, 1.82) is 0 Å². The van der Waals surface area contributed by atoms with E-state index in [2.05, 4.69) is 10.3 Å². The van der Waals surface area contributed by atoms with Gasteiger partial charge in [0.1, 0.15) is 5.69 Å². The Hall–Kier alpha value is -5.05. The van der Waals surface area contributed by atoms with Gasteiger partial charge in [-0.2, -0.15) is 0 Å². The van der Waals surface area contributed by atoms with Gasteiger partial charge in [-0.1, -0.05) is 30.3 Å². The second-order valence-electron chi connectivity index (χ2n) is 7.94. The van der Waals surface area contributed by atoms with Crippen LogP contribution in [0.2, 0.25) is 0 Å². The van der Waals surface area contributed by atoms with Crippen LogP contribution in [0.25, 0.3) is 0 Å². The number of aromatic nitrogens is 2. The molecule has 0 atom stereocenters. The van der Waals surface area contributed by atoms with Crippen LogP contribution in [-0.2, 0) is 6.54 Å². The van der Waals surface area contributed by atoms with Gasteiger partial charge in [0.2, 0.25) is 0 Å². The SMILES string of the molecule is O=C(Nc1c[nH]c(=O)[nH]c1=O)c1ccc2c(c1)CN(c1ccc(C(=O)c3ccccc3)cc1)C2=O. The number of carbonyl (C=O) groups is 3. The topological polar surface area (TPSA) is 132 Å². The molecule has 0 bridgehead atoms. The standard InChI is InChI=1S/C26H18N4O5/c31-22(15-4-2-1-3-5-15)16-6-9-19(10-7-16)30-14-18-12-17(8-11-20(18)25(30)34)23(32)28-21-13-27-26(35)29-24(21)33/h1-13H,14H2,(H,28,32)(H2,27,29,33,35). The molecule has 5 rings (SSSR count). The fourth-order valence-corrected chi connectivity index (χ4v) is 3.92. The fourth-order valence-electron chi connectivity index (χ4n) is 3.92. The third-order valence-electron chi connectivity index (χ3n) is 5.72. The van der Waals surface area contributed by atoms with E-state index in [0.717, 1.165) is 6.20 Å². The van der Waals surface area contributed by atoms with Crippen LogP contribution in [0.5, 0.6) is 0 Å². The summed E-state index contributed by atoms with van der Waals surface area (Å²) in [5, 5.41) is 2.45. The number of fused-ring (bicyclic) bond motifs is 1. The summed E-state index contributed by atoms with van der Waals surface area (Å²) in [4.78, 5) is 67.1. The lowest BCUT2D eigenvalue weighted by Crippen LogP contribution is -2.26. The Bertz CT molecular complexity index is 1590. The van der Waals surface area contributed by atoms with Crippen LogP contribution in [0, 0.1) is 0 Å². The zero-order valence-corrected chi connectivity index (χ0v) is 18.2. The minimum absolute atomic E-state index is 0.0991.